The summed E-state index contributed by atoms with van der Waals surface area (Å²) in [4.78, 5) is 12.3. The third-order valence-electron chi connectivity index (χ3n) is 3.53. The number of aryl methyl sites for hydroxylation is 1. The molecular weight excluding hydrogens is 404 g/mol. The predicted molar refractivity (Wildman–Crippen MR) is 106 cm³/mol. The van der Waals surface area contributed by atoms with Gasteiger partial charge in [0.1, 0.15) is 0 Å². The number of carbonyl (C=O) groups is 1. The summed E-state index contributed by atoms with van der Waals surface area (Å²) in [6.07, 6.45) is 2.64. The molecule has 132 valence electrons. The number of nitrogens with zero attached hydrogens (tertiary/aromatic N) is 1. The molecule has 0 aromatic heterocycles. The van der Waals surface area contributed by atoms with E-state index in [1.54, 1.807) is 30.3 Å². The van der Waals surface area contributed by atoms with E-state index >= 15 is 0 Å². The lowest BCUT2D eigenvalue weighted by Gasteiger charge is -2.20. The maximum atomic E-state index is 12.3. The van der Waals surface area contributed by atoms with Crippen molar-refractivity contribution in [1.29, 1.82) is 0 Å². The second kappa shape index (κ2) is 7.84. The zero-order valence-electron chi connectivity index (χ0n) is 14.0. The van der Waals surface area contributed by atoms with Gasteiger partial charge in [-0.25, -0.2) is 8.42 Å². The van der Waals surface area contributed by atoms with Crippen molar-refractivity contribution in [3.63, 3.8) is 0 Å². The first-order chi connectivity index (χ1) is 11.7. The number of halogens is 1. The first-order valence-corrected chi connectivity index (χ1v) is 10.1. The van der Waals surface area contributed by atoms with Crippen molar-refractivity contribution < 1.29 is 13.2 Å². The van der Waals surface area contributed by atoms with E-state index < -0.39 is 10.0 Å². The fraction of sp³-hybridized carbons (Fsp3) is 0.167. The first-order valence-electron chi connectivity index (χ1n) is 7.48. The highest BCUT2D eigenvalue weighted by Crippen LogP contribution is 2.22. The number of carbonyl (C=O) groups excluding carboxylic acids is 1. The van der Waals surface area contributed by atoms with Crippen LogP contribution in [0.2, 0.25) is 0 Å². The summed E-state index contributed by atoms with van der Waals surface area (Å²) >= 11 is 3.42. The average molecular weight is 423 g/mol. The molecule has 1 N–H and O–H groups in total. The zero-order valence-corrected chi connectivity index (χ0v) is 16.4. The van der Waals surface area contributed by atoms with Crippen LogP contribution >= 0.6 is 15.9 Å². The number of hydrogen-bond donors (Lipinski definition) is 1. The SMILES string of the molecule is C=CCN(c1ccc(C(=O)Nc2ccc(Br)c(C)c2)cc1)S(C)(=O)=O. The van der Waals surface area contributed by atoms with Crippen LogP contribution in [0.4, 0.5) is 11.4 Å². The number of benzene rings is 2. The van der Waals surface area contributed by atoms with Crippen molar-refractivity contribution >= 4 is 43.2 Å². The maximum Gasteiger partial charge on any atom is 0.255 e. The Balaban J connectivity index is 2.19. The van der Waals surface area contributed by atoms with E-state index in [9.17, 15) is 13.2 Å². The van der Waals surface area contributed by atoms with E-state index in [0.29, 0.717) is 16.9 Å². The molecule has 0 aliphatic heterocycles. The van der Waals surface area contributed by atoms with Gasteiger partial charge in [-0.05, 0) is 55.0 Å². The minimum absolute atomic E-state index is 0.169. The standard InChI is InChI=1S/C18H19BrN2O3S/c1-4-11-21(25(3,23)24)16-8-5-14(6-9-16)18(22)20-15-7-10-17(19)13(2)12-15/h4-10,12H,1,11H2,2-3H3,(H,20,22). The van der Waals surface area contributed by atoms with Crippen molar-refractivity contribution in [1.82, 2.24) is 0 Å². The molecule has 0 radical (unpaired) electrons. The smallest absolute Gasteiger partial charge is 0.255 e. The average Bonchev–Trinajstić information content (AvgIpc) is 2.55. The molecule has 7 heteroatoms. The molecule has 2 rings (SSSR count). The molecule has 0 unspecified atom stereocenters. The molecule has 5 nitrogen and oxygen atoms in total. The summed E-state index contributed by atoms with van der Waals surface area (Å²) in [5.74, 6) is -0.261. The van der Waals surface area contributed by atoms with Gasteiger partial charge in [-0.1, -0.05) is 22.0 Å². The van der Waals surface area contributed by atoms with E-state index in [2.05, 4.69) is 27.8 Å². The molecule has 2 aromatic carbocycles. The van der Waals surface area contributed by atoms with Gasteiger partial charge < -0.3 is 5.32 Å². The largest absolute Gasteiger partial charge is 0.322 e. The van der Waals surface area contributed by atoms with Crippen LogP contribution in [-0.4, -0.2) is 27.1 Å². The van der Waals surface area contributed by atoms with E-state index in [1.165, 1.54) is 10.4 Å². The van der Waals surface area contributed by atoms with Crippen molar-refractivity contribution in [2.24, 2.45) is 0 Å². The number of anilines is 2. The Morgan fingerprint density at radius 1 is 1.24 bits per heavy atom. The normalized spacial score (nSPS) is 11.0. The van der Waals surface area contributed by atoms with Crippen molar-refractivity contribution in [2.45, 2.75) is 6.92 Å². The lowest BCUT2D eigenvalue weighted by atomic mass is 10.1. The Morgan fingerprint density at radius 3 is 2.40 bits per heavy atom. The van der Waals surface area contributed by atoms with Crippen LogP contribution in [-0.2, 0) is 10.0 Å². The summed E-state index contributed by atoms with van der Waals surface area (Å²) in [7, 11) is -3.41. The predicted octanol–water partition coefficient (Wildman–Crippen LogP) is 3.96. The van der Waals surface area contributed by atoms with Gasteiger partial charge in [0.15, 0.2) is 0 Å². The molecule has 0 spiro atoms. The highest BCUT2D eigenvalue weighted by Gasteiger charge is 2.16. The third-order valence-corrected chi connectivity index (χ3v) is 5.58. The Hall–Kier alpha value is -2.12. The van der Waals surface area contributed by atoms with Crippen LogP contribution in [0.1, 0.15) is 15.9 Å². The molecule has 0 fully saturated rings. The Labute approximate surface area is 156 Å². The summed E-state index contributed by atoms with van der Waals surface area (Å²) < 4.78 is 25.9. The van der Waals surface area contributed by atoms with Crippen molar-refractivity contribution in [3.8, 4) is 0 Å². The van der Waals surface area contributed by atoms with E-state index in [4.69, 9.17) is 0 Å². The zero-order chi connectivity index (χ0) is 18.6. The highest BCUT2D eigenvalue weighted by atomic mass is 79.9. The number of nitrogens with one attached hydrogen (secondary N) is 1. The second-order valence-corrected chi connectivity index (χ2v) is 8.31. The Morgan fingerprint density at radius 2 is 1.88 bits per heavy atom. The van der Waals surface area contributed by atoms with Crippen LogP contribution in [0.3, 0.4) is 0 Å². The number of amides is 1. The lowest BCUT2D eigenvalue weighted by Crippen LogP contribution is -2.29. The number of sulfonamides is 1. The van der Waals surface area contributed by atoms with Crippen LogP contribution in [0.5, 0.6) is 0 Å². The summed E-state index contributed by atoms with van der Waals surface area (Å²) in [5.41, 5.74) is 2.63. The van der Waals surface area contributed by atoms with Gasteiger partial charge >= 0.3 is 0 Å². The topological polar surface area (TPSA) is 66.5 Å². The van der Waals surface area contributed by atoms with E-state index in [-0.39, 0.29) is 12.5 Å². The van der Waals surface area contributed by atoms with Gasteiger partial charge in [0, 0.05) is 15.7 Å². The summed E-state index contributed by atoms with van der Waals surface area (Å²) in [5, 5.41) is 2.82. The molecule has 2 aromatic rings. The molecule has 25 heavy (non-hydrogen) atoms. The summed E-state index contributed by atoms with van der Waals surface area (Å²) in [6.45, 7) is 5.68. The minimum Gasteiger partial charge on any atom is -0.322 e. The molecule has 0 aliphatic carbocycles. The fourth-order valence-electron chi connectivity index (χ4n) is 2.25. The van der Waals surface area contributed by atoms with Crippen molar-refractivity contribution in [2.75, 3.05) is 22.4 Å². The van der Waals surface area contributed by atoms with Crippen LogP contribution in [0.15, 0.2) is 59.6 Å². The maximum absolute atomic E-state index is 12.3. The molecule has 1 amide bonds. The van der Waals surface area contributed by atoms with Crippen LogP contribution < -0.4 is 9.62 Å². The van der Waals surface area contributed by atoms with Gasteiger partial charge in [-0.2, -0.15) is 0 Å². The minimum atomic E-state index is -3.41. The Kier molecular flexibility index (Phi) is 6.02. The van der Waals surface area contributed by atoms with Gasteiger partial charge in [0.25, 0.3) is 5.91 Å². The molecule has 0 atom stereocenters. The van der Waals surface area contributed by atoms with Crippen molar-refractivity contribution in [3.05, 3.63) is 70.7 Å². The van der Waals surface area contributed by atoms with Crippen LogP contribution in [0, 0.1) is 6.92 Å². The monoisotopic (exact) mass is 422 g/mol. The fourth-order valence-corrected chi connectivity index (χ4v) is 3.38. The third kappa shape index (κ3) is 4.93. The molecule has 0 heterocycles. The quantitative estimate of drug-likeness (QED) is 0.716. The molecule has 0 aliphatic rings. The second-order valence-electron chi connectivity index (χ2n) is 5.55. The first kappa shape index (κ1) is 19.2. The van der Waals surface area contributed by atoms with Gasteiger partial charge in [-0.15, -0.1) is 6.58 Å². The van der Waals surface area contributed by atoms with E-state index in [0.717, 1.165) is 16.3 Å². The van der Waals surface area contributed by atoms with Crippen LogP contribution in [0.25, 0.3) is 0 Å². The van der Waals surface area contributed by atoms with Gasteiger partial charge in [-0.3, -0.25) is 9.10 Å². The van der Waals surface area contributed by atoms with Gasteiger partial charge in [0.2, 0.25) is 10.0 Å². The molecule has 0 saturated heterocycles. The van der Waals surface area contributed by atoms with Gasteiger partial charge in [0.05, 0.1) is 18.5 Å². The summed E-state index contributed by atoms with van der Waals surface area (Å²) in [6, 6.07) is 11.9. The molecular formula is C18H19BrN2O3S. The lowest BCUT2D eigenvalue weighted by molar-refractivity contribution is 0.102. The Bertz CT molecular complexity index is 893. The number of hydrogen-bond acceptors (Lipinski definition) is 3. The van der Waals surface area contributed by atoms with E-state index in [1.807, 2.05) is 19.1 Å². The highest BCUT2D eigenvalue weighted by molar-refractivity contribution is 9.10. The molecule has 0 bridgehead atoms. The number of rotatable bonds is 6. The molecule has 0 saturated carbocycles.